The molecule has 3 heterocycles. The molecule has 1 fully saturated rings. The maximum atomic E-state index is 9.71. The van der Waals surface area contributed by atoms with E-state index in [0.29, 0.717) is 16.6 Å². The fourth-order valence-corrected chi connectivity index (χ4v) is 2.32. The molecule has 16 heavy (non-hydrogen) atoms. The van der Waals surface area contributed by atoms with Crippen LogP contribution in [0.25, 0.3) is 5.52 Å². The topological polar surface area (TPSA) is 49.6 Å². The summed E-state index contributed by atoms with van der Waals surface area (Å²) in [5.41, 5.74) is 0.603. The predicted molar refractivity (Wildman–Crippen MR) is 61.9 cm³/mol. The van der Waals surface area contributed by atoms with E-state index in [2.05, 4.69) is 10.3 Å². The van der Waals surface area contributed by atoms with Crippen LogP contribution in [0.15, 0.2) is 18.3 Å². The molecule has 1 saturated heterocycles. The first kappa shape index (κ1) is 9.93. The van der Waals surface area contributed by atoms with Gasteiger partial charge in [-0.3, -0.25) is 4.40 Å². The van der Waals surface area contributed by atoms with Crippen molar-refractivity contribution >= 4 is 17.1 Å². The smallest absolute Gasteiger partial charge is 0.158 e. The number of aromatic nitrogens is 2. The number of hydrogen-bond acceptors (Lipinski definition) is 3. The van der Waals surface area contributed by atoms with Crippen LogP contribution in [0.3, 0.4) is 0 Å². The van der Waals surface area contributed by atoms with Crippen molar-refractivity contribution < 1.29 is 5.11 Å². The van der Waals surface area contributed by atoms with Gasteiger partial charge in [-0.25, -0.2) is 4.98 Å². The van der Waals surface area contributed by atoms with Crippen LogP contribution >= 0.6 is 11.6 Å². The van der Waals surface area contributed by atoms with E-state index in [9.17, 15) is 5.11 Å². The predicted octanol–water partition coefficient (Wildman–Crippen LogP) is 1.46. The first-order chi connectivity index (χ1) is 7.75. The third-order valence-corrected chi connectivity index (χ3v) is 3.27. The number of pyridine rings is 1. The summed E-state index contributed by atoms with van der Waals surface area (Å²) in [6.45, 7) is 2.07. The number of halogens is 1. The van der Waals surface area contributed by atoms with Crippen molar-refractivity contribution in [3.63, 3.8) is 0 Å². The van der Waals surface area contributed by atoms with Gasteiger partial charge in [-0.1, -0.05) is 11.6 Å². The number of imidazole rings is 1. The van der Waals surface area contributed by atoms with Gasteiger partial charge in [0.2, 0.25) is 0 Å². The minimum atomic E-state index is 0.179. The lowest BCUT2D eigenvalue weighted by Gasteiger charge is -2.26. The lowest BCUT2D eigenvalue weighted by Crippen LogP contribution is -2.43. The number of fused-ring (bicyclic) bond motifs is 1. The second-order valence-electron chi connectivity index (χ2n) is 4.16. The zero-order valence-corrected chi connectivity index (χ0v) is 9.41. The Balaban J connectivity index is 2.07. The fourth-order valence-electron chi connectivity index (χ4n) is 2.03. The molecule has 2 aromatic heterocycles. The molecule has 1 aliphatic rings. The summed E-state index contributed by atoms with van der Waals surface area (Å²) in [6, 6.07) is 3.42. The molecular formula is C11H12ClN3O. The van der Waals surface area contributed by atoms with Gasteiger partial charge in [-0.2, -0.15) is 0 Å². The molecule has 84 valence electrons. The van der Waals surface area contributed by atoms with Crippen molar-refractivity contribution in [2.75, 3.05) is 13.1 Å². The molecule has 0 aliphatic carbocycles. The van der Waals surface area contributed by atoms with Crippen molar-refractivity contribution in [2.45, 2.75) is 6.42 Å². The van der Waals surface area contributed by atoms with Crippen molar-refractivity contribution in [1.29, 1.82) is 0 Å². The quantitative estimate of drug-likeness (QED) is 0.832. The monoisotopic (exact) mass is 237 g/mol. The van der Waals surface area contributed by atoms with E-state index in [1.165, 1.54) is 0 Å². The van der Waals surface area contributed by atoms with E-state index >= 15 is 0 Å². The van der Waals surface area contributed by atoms with Crippen LogP contribution < -0.4 is 5.32 Å². The second kappa shape index (κ2) is 3.64. The molecule has 0 radical (unpaired) electrons. The molecule has 2 N–H and O–H groups in total. The summed E-state index contributed by atoms with van der Waals surface area (Å²) in [5.74, 6) is 1.73. The Morgan fingerprint density at radius 2 is 2.38 bits per heavy atom. The molecule has 0 bridgehead atoms. The van der Waals surface area contributed by atoms with Gasteiger partial charge in [0.25, 0.3) is 0 Å². The minimum absolute atomic E-state index is 0.179. The Morgan fingerprint density at radius 3 is 3.06 bits per heavy atom. The van der Waals surface area contributed by atoms with Gasteiger partial charge in [0.05, 0.1) is 0 Å². The molecule has 0 aromatic carbocycles. The molecule has 0 atom stereocenters. The lowest BCUT2D eigenvalue weighted by atomic mass is 9.99. The van der Waals surface area contributed by atoms with Crippen molar-refractivity contribution in [1.82, 2.24) is 14.7 Å². The van der Waals surface area contributed by atoms with Crippen LogP contribution in [0, 0.1) is 5.92 Å². The highest BCUT2D eigenvalue weighted by molar-refractivity contribution is 6.33. The van der Waals surface area contributed by atoms with Crippen LogP contribution in [0.1, 0.15) is 5.82 Å². The average molecular weight is 238 g/mol. The number of nitrogens with one attached hydrogen (secondary N) is 1. The Morgan fingerprint density at radius 1 is 1.56 bits per heavy atom. The van der Waals surface area contributed by atoms with Gasteiger partial charge in [-0.15, -0.1) is 0 Å². The molecule has 1 aliphatic heterocycles. The lowest BCUT2D eigenvalue weighted by molar-refractivity contribution is 0.340. The summed E-state index contributed by atoms with van der Waals surface area (Å²) in [6.07, 6.45) is 2.78. The van der Waals surface area contributed by atoms with E-state index in [4.69, 9.17) is 11.6 Å². The third-order valence-electron chi connectivity index (χ3n) is 3.01. The van der Waals surface area contributed by atoms with E-state index in [0.717, 1.165) is 25.3 Å². The number of hydrogen-bond donors (Lipinski definition) is 2. The van der Waals surface area contributed by atoms with Gasteiger partial charge in [-0.05, 0) is 31.1 Å². The summed E-state index contributed by atoms with van der Waals surface area (Å²) >= 11 is 6.02. The molecule has 3 rings (SSSR count). The van der Waals surface area contributed by atoms with Crippen LogP contribution in [-0.2, 0) is 6.42 Å². The van der Waals surface area contributed by atoms with Gasteiger partial charge >= 0.3 is 0 Å². The molecule has 0 unspecified atom stereocenters. The molecule has 0 spiro atoms. The molecule has 4 nitrogen and oxygen atoms in total. The molecule has 0 amide bonds. The summed E-state index contributed by atoms with van der Waals surface area (Å²) in [4.78, 5) is 4.31. The maximum Gasteiger partial charge on any atom is 0.158 e. The number of rotatable bonds is 2. The van der Waals surface area contributed by atoms with Crippen LogP contribution in [0.2, 0.25) is 5.15 Å². The summed E-state index contributed by atoms with van der Waals surface area (Å²) in [5, 5.41) is 13.3. The van der Waals surface area contributed by atoms with Gasteiger partial charge < -0.3 is 10.4 Å². The highest BCUT2D eigenvalue weighted by Crippen LogP contribution is 2.27. The Labute approximate surface area is 97.9 Å². The van der Waals surface area contributed by atoms with Crippen LogP contribution in [0.5, 0.6) is 5.75 Å². The molecule has 5 heteroatoms. The third kappa shape index (κ3) is 1.45. The SMILES string of the molecule is Oc1cccn2c(CC3CNC3)nc(Cl)c12. The van der Waals surface area contributed by atoms with E-state index in [1.54, 1.807) is 12.1 Å². The Bertz CT molecular complexity index is 533. The van der Waals surface area contributed by atoms with Gasteiger partial charge in [0.15, 0.2) is 5.15 Å². The largest absolute Gasteiger partial charge is 0.506 e. The van der Waals surface area contributed by atoms with E-state index < -0.39 is 0 Å². The summed E-state index contributed by atoms with van der Waals surface area (Å²) < 4.78 is 1.87. The first-order valence-electron chi connectivity index (χ1n) is 5.31. The highest BCUT2D eigenvalue weighted by Gasteiger charge is 2.21. The molecule has 2 aromatic rings. The van der Waals surface area contributed by atoms with E-state index in [1.807, 2.05) is 10.6 Å². The number of nitrogens with zero attached hydrogens (tertiary/aromatic N) is 2. The number of aromatic hydroxyl groups is 1. The maximum absolute atomic E-state index is 9.71. The zero-order chi connectivity index (χ0) is 11.1. The zero-order valence-electron chi connectivity index (χ0n) is 8.65. The van der Waals surface area contributed by atoms with Crippen molar-refractivity contribution in [3.8, 4) is 5.75 Å². The van der Waals surface area contributed by atoms with Gasteiger partial charge in [0, 0.05) is 12.6 Å². The van der Waals surface area contributed by atoms with Crippen LogP contribution in [-0.4, -0.2) is 27.6 Å². The normalized spacial score (nSPS) is 16.6. The second-order valence-corrected chi connectivity index (χ2v) is 4.52. The van der Waals surface area contributed by atoms with E-state index in [-0.39, 0.29) is 5.75 Å². The van der Waals surface area contributed by atoms with Gasteiger partial charge in [0.1, 0.15) is 17.1 Å². The van der Waals surface area contributed by atoms with Crippen molar-refractivity contribution in [3.05, 3.63) is 29.3 Å². The molecular weight excluding hydrogens is 226 g/mol. The minimum Gasteiger partial charge on any atom is -0.506 e. The fraction of sp³-hybridized carbons (Fsp3) is 0.364. The first-order valence-corrected chi connectivity index (χ1v) is 5.68. The average Bonchev–Trinajstić information content (AvgIpc) is 2.51. The van der Waals surface area contributed by atoms with Crippen LogP contribution in [0.4, 0.5) is 0 Å². The Hall–Kier alpha value is -1.26. The summed E-state index contributed by atoms with van der Waals surface area (Å²) in [7, 11) is 0. The molecule has 0 saturated carbocycles. The van der Waals surface area contributed by atoms with Crippen molar-refractivity contribution in [2.24, 2.45) is 5.92 Å². The standard InChI is InChI=1S/C11H12ClN3O/c12-11-10-8(16)2-1-3-15(10)9(14-11)4-7-5-13-6-7/h1-3,7,13,16H,4-6H2. The highest BCUT2D eigenvalue weighted by atomic mass is 35.5. The Kier molecular flexibility index (Phi) is 2.26.